The van der Waals surface area contributed by atoms with Gasteiger partial charge in [-0.05, 0) is 18.2 Å². The van der Waals surface area contributed by atoms with Crippen molar-refractivity contribution in [3.8, 4) is 0 Å². The zero-order valence-corrected chi connectivity index (χ0v) is 9.59. The largest absolute Gasteiger partial charge is 0.478 e. The van der Waals surface area contributed by atoms with Gasteiger partial charge in [-0.2, -0.15) is 0 Å². The molecule has 0 radical (unpaired) electrons. The minimum absolute atomic E-state index is 0.119. The monoisotopic (exact) mass is 251 g/mol. The summed E-state index contributed by atoms with van der Waals surface area (Å²) in [6, 6.07) is 6.04. The Morgan fingerprint density at radius 2 is 2.17 bits per heavy atom. The fourth-order valence-electron chi connectivity index (χ4n) is 1.59. The molecule has 1 unspecified atom stereocenters. The van der Waals surface area contributed by atoms with Crippen LogP contribution in [0.5, 0.6) is 0 Å². The van der Waals surface area contributed by atoms with E-state index in [0.717, 1.165) is 0 Å². The van der Waals surface area contributed by atoms with Crippen LogP contribution in [-0.4, -0.2) is 42.9 Å². The Morgan fingerprint density at radius 1 is 1.33 bits per heavy atom. The van der Waals surface area contributed by atoms with Gasteiger partial charge in [-0.1, -0.05) is 6.07 Å². The predicted octanol–water partition coefficient (Wildman–Crippen LogP) is 0.739. The maximum Gasteiger partial charge on any atom is 0.335 e. The first-order chi connectivity index (χ1) is 8.66. The Morgan fingerprint density at radius 3 is 2.83 bits per heavy atom. The SMILES string of the molecule is O=C(O)c1cccc(NC(=O)C2COCCO2)c1. The van der Waals surface area contributed by atoms with Crippen LogP contribution in [-0.2, 0) is 14.3 Å². The van der Waals surface area contributed by atoms with E-state index in [9.17, 15) is 9.59 Å². The van der Waals surface area contributed by atoms with Crippen LogP contribution in [0, 0.1) is 0 Å². The number of carboxylic acids is 1. The molecule has 1 saturated heterocycles. The van der Waals surface area contributed by atoms with Crippen molar-refractivity contribution in [2.24, 2.45) is 0 Å². The highest BCUT2D eigenvalue weighted by atomic mass is 16.6. The fourth-order valence-corrected chi connectivity index (χ4v) is 1.59. The molecule has 1 aliphatic rings. The number of hydrogen-bond donors (Lipinski definition) is 2. The number of anilines is 1. The topological polar surface area (TPSA) is 84.9 Å². The maximum absolute atomic E-state index is 11.8. The average Bonchev–Trinajstić information content (AvgIpc) is 2.40. The van der Waals surface area contributed by atoms with Gasteiger partial charge in [0.1, 0.15) is 0 Å². The summed E-state index contributed by atoms with van der Waals surface area (Å²) in [6.45, 7) is 1.08. The molecule has 0 spiro atoms. The molecule has 2 rings (SSSR count). The summed E-state index contributed by atoms with van der Waals surface area (Å²) < 4.78 is 10.4. The first-order valence-corrected chi connectivity index (χ1v) is 5.50. The van der Waals surface area contributed by atoms with Crippen molar-refractivity contribution in [3.05, 3.63) is 29.8 Å². The molecule has 0 bridgehead atoms. The molecule has 1 aromatic carbocycles. The van der Waals surface area contributed by atoms with Crippen LogP contribution >= 0.6 is 0 Å². The van der Waals surface area contributed by atoms with Gasteiger partial charge < -0.3 is 19.9 Å². The lowest BCUT2D eigenvalue weighted by atomic mass is 10.2. The van der Waals surface area contributed by atoms with Crippen LogP contribution in [0.1, 0.15) is 10.4 Å². The molecule has 6 nitrogen and oxygen atoms in total. The highest BCUT2D eigenvalue weighted by Gasteiger charge is 2.22. The van der Waals surface area contributed by atoms with Gasteiger partial charge in [0, 0.05) is 5.69 Å². The summed E-state index contributed by atoms with van der Waals surface area (Å²) >= 11 is 0. The lowest BCUT2D eigenvalue weighted by molar-refractivity contribution is -0.142. The molecule has 96 valence electrons. The zero-order chi connectivity index (χ0) is 13.0. The number of benzene rings is 1. The van der Waals surface area contributed by atoms with Gasteiger partial charge in [0.2, 0.25) is 0 Å². The molecule has 1 fully saturated rings. The van der Waals surface area contributed by atoms with E-state index in [1.807, 2.05) is 0 Å². The van der Waals surface area contributed by atoms with Crippen molar-refractivity contribution in [1.29, 1.82) is 0 Å². The number of hydrogen-bond acceptors (Lipinski definition) is 4. The summed E-state index contributed by atoms with van der Waals surface area (Å²) in [5.74, 6) is -1.37. The van der Waals surface area contributed by atoms with Gasteiger partial charge in [0.25, 0.3) is 5.91 Å². The Balaban J connectivity index is 2.02. The summed E-state index contributed by atoms with van der Waals surface area (Å²) in [5, 5.41) is 11.4. The average molecular weight is 251 g/mol. The molecule has 18 heavy (non-hydrogen) atoms. The Kier molecular flexibility index (Phi) is 3.91. The molecule has 1 aliphatic heterocycles. The van der Waals surface area contributed by atoms with E-state index in [1.165, 1.54) is 12.1 Å². The van der Waals surface area contributed by atoms with Crippen LogP contribution in [0.3, 0.4) is 0 Å². The Bertz CT molecular complexity index is 454. The number of rotatable bonds is 3. The standard InChI is InChI=1S/C12H13NO5/c14-11(10-7-17-4-5-18-10)13-9-3-1-2-8(6-9)12(15)16/h1-3,6,10H,4-5,7H2,(H,13,14)(H,15,16). The third-order valence-corrected chi connectivity index (χ3v) is 2.49. The van der Waals surface area contributed by atoms with E-state index in [0.29, 0.717) is 18.9 Å². The van der Waals surface area contributed by atoms with Gasteiger partial charge in [-0.25, -0.2) is 4.79 Å². The normalized spacial score (nSPS) is 19.2. The highest BCUT2D eigenvalue weighted by molar-refractivity contribution is 5.96. The van der Waals surface area contributed by atoms with Crippen molar-refractivity contribution in [1.82, 2.24) is 0 Å². The fraction of sp³-hybridized carbons (Fsp3) is 0.333. The second-order valence-corrected chi connectivity index (χ2v) is 3.81. The van der Waals surface area contributed by atoms with Crippen LogP contribution in [0.25, 0.3) is 0 Å². The van der Waals surface area contributed by atoms with Gasteiger partial charge in [-0.15, -0.1) is 0 Å². The van der Waals surface area contributed by atoms with Crippen LogP contribution in [0.4, 0.5) is 5.69 Å². The first kappa shape index (κ1) is 12.5. The maximum atomic E-state index is 11.8. The molecule has 0 aromatic heterocycles. The molecule has 0 saturated carbocycles. The molecule has 1 atom stereocenters. The molecule has 6 heteroatoms. The van der Waals surface area contributed by atoms with Gasteiger partial charge in [0.15, 0.2) is 6.10 Å². The van der Waals surface area contributed by atoms with Crippen molar-refractivity contribution < 1.29 is 24.2 Å². The number of amides is 1. The van der Waals surface area contributed by atoms with E-state index in [2.05, 4.69) is 5.32 Å². The third kappa shape index (κ3) is 3.06. The molecule has 1 amide bonds. The van der Waals surface area contributed by atoms with Gasteiger partial charge in [0.05, 0.1) is 25.4 Å². The highest BCUT2D eigenvalue weighted by Crippen LogP contribution is 2.12. The molecule has 1 heterocycles. The first-order valence-electron chi connectivity index (χ1n) is 5.50. The summed E-state index contributed by atoms with van der Waals surface area (Å²) in [4.78, 5) is 22.6. The smallest absolute Gasteiger partial charge is 0.335 e. The van der Waals surface area contributed by atoms with E-state index < -0.39 is 12.1 Å². The van der Waals surface area contributed by atoms with E-state index >= 15 is 0 Å². The summed E-state index contributed by atoms with van der Waals surface area (Å²) in [7, 11) is 0. The quantitative estimate of drug-likeness (QED) is 0.827. The molecular weight excluding hydrogens is 238 g/mol. The second kappa shape index (κ2) is 5.61. The third-order valence-electron chi connectivity index (χ3n) is 2.49. The van der Waals surface area contributed by atoms with Crippen LogP contribution in [0.2, 0.25) is 0 Å². The van der Waals surface area contributed by atoms with Gasteiger partial charge in [-0.3, -0.25) is 4.79 Å². The minimum atomic E-state index is -1.04. The zero-order valence-electron chi connectivity index (χ0n) is 9.59. The Labute approximate surface area is 104 Å². The van der Waals surface area contributed by atoms with Gasteiger partial charge >= 0.3 is 5.97 Å². The number of carbonyl (C=O) groups is 2. The predicted molar refractivity (Wildman–Crippen MR) is 62.6 cm³/mol. The number of ether oxygens (including phenoxy) is 2. The lowest BCUT2D eigenvalue weighted by Crippen LogP contribution is -2.39. The molecule has 0 aliphatic carbocycles. The molecule has 2 N–H and O–H groups in total. The van der Waals surface area contributed by atoms with E-state index in [4.69, 9.17) is 14.6 Å². The molecule has 1 aromatic rings. The number of carboxylic acid groups (broad SMARTS) is 1. The number of carbonyl (C=O) groups excluding carboxylic acids is 1. The van der Waals surface area contributed by atoms with Crippen LogP contribution in [0.15, 0.2) is 24.3 Å². The van der Waals surface area contributed by atoms with Crippen LogP contribution < -0.4 is 5.32 Å². The summed E-state index contributed by atoms with van der Waals surface area (Å²) in [6.07, 6.45) is -0.646. The number of nitrogens with one attached hydrogen (secondary N) is 1. The second-order valence-electron chi connectivity index (χ2n) is 3.81. The van der Waals surface area contributed by atoms with Crippen molar-refractivity contribution >= 4 is 17.6 Å². The Hall–Kier alpha value is -1.92. The van der Waals surface area contributed by atoms with E-state index in [1.54, 1.807) is 12.1 Å². The van der Waals surface area contributed by atoms with Crippen molar-refractivity contribution in [2.45, 2.75) is 6.10 Å². The molecular formula is C12H13NO5. The lowest BCUT2D eigenvalue weighted by Gasteiger charge is -2.22. The number of aromatic carboxylic acids is 1. The van der Waals surface area contributed by atoms with Crippen molar-refractivity contribution in [3.63, 3.8) is 0 Å². The van der Waals surface area contributed by atoms with Crippen molar-refractivity contribution in [2.75, 3.05) is 25.1 Å². The van der Waals surface area contributed by atoms with E-state index in [-0.39, 0.29) is 18.1 Å². The minimum Gasteiger partial charge on any atom is -0.478 e. The summed E-state index contributed by atoms with van der Waals surface area (Å²) in [5.41, 5.74) is 0.544.